The molecule has 1 aromatic heterocycles. The Bertz CT molecular complexity index is 351. The molecule has 0 fully saturated rings. The van der Waals surface area contributed by atoms with Gasteiger partial charge >= 0.3 is 0 Å². The van der Waals surface area contributed by atoms with Crippen molar-refractivity contribution in [3.63, 3.8) is 0 Å². The molecule has 0 saturated carbocycles. The van der Waals surface area contributed by atoms with Crippen molar-refractivity contribution < 1.29 is 9.21 Å². The molecule has 1 rings (SSSR count). The summed E-state index contributed by atoms with van der Waals surface area (Å²) in [4.78, 5) is 11.5. The van der Waals surface area contributed by atoms with Gasteiger partial charge in [-0.3, -0.25) is 4.79 Å². The molecule has 0 spiro atoms. The van der Waals surface area contributed by atoms with Crippen molar-refractivity contribution in [2.24, 2.45) is 5.73 Å². The van der Waals surface area contributed by atoms with Gasteiger partial charge in [-0.05, 0) is 32.9 Å². The summed E-state index contributed by atoms with van der Waals surface area (Å²) in [6, 6.07) is 4.00. The third-order valence-electron chi connectivity index (χ3n) is 2.37. The van der Waals surface area contributed by atoms with E-state index in [1.807, 2.05) is 32.9 Å². The predicted molar refractivity (Wildman–Crippen MR) is 70.7 cm³/mol. The van der Waals surface area contributed by atoms with Gasteiger partial charge in [-0.15, -0.1) is 0 Å². The summed E-state index contributed by atoms with van der Waals surface area (Å²) in [6.07, 6.45) is 1.65. The van der Waals surface area contributed by atoms with Crippen molar-refractivity contribution in [3.05, 3.63) is 24.2 Å². The van der Waals surface area contributed by atoms with Crippen LogP contribution in [0.15, 0.2) is 22.8 Å². The first-order valence-electron chi connectivity index (χ1n) is 5.62. The fraction of sp³-hybridized carbons (Fsp3) is 0.583. The van der Waals surface area contributed by atoms with Crippen molar-refractivity contribution in [1.82, 2.24) is 5.32 Å². The van der Waals surface area contributed by atoms with E-state index in [1.165, 1.54) is 0 Å². The van der Waals surface area contributed by atoms with Crippen molar-refractivity contribution >= 4 is 17.7 Å². The Morgan fingerprint density at radius 2 is 2.35 bits per heavy atom. The number of carbonyl (C=O) groups is 1. The molecule has 0 aliphatic heterocycles. The first-order valence-corrected chi connectivity index (χ1v) is 6.77. The molecule has 17 heavy (non-hydrogen) atoms. The van der Waals surface area contributed by atoms with Crippen molar-refractivity contribution in [2.45, 2.75) is 38.1 Å². The molecule has 96 valence electrons. The lowest BCUT2D eigenvalue weighted by Crippen LogP contribution is -2.57. The Kier molecular flexibility index (Phi) is 5.08. The topological polar surface area (TPSA) is 68.3 Å². The zero-order valence-electron chi connectivity index (χ0n) is 10.5. The highest BCUT2D eigenvalue weighted by Gasteiger charge is 2.31. The highest BCUT2D eigenvalue weighted by Crippen LogP contribution is 2.18. The van der Waals surface area contributed by atoms with Crippen LogP contribution in [0, 0.1) is 0 Å². The van der Waals surface area contributed by atoms with E-state index in [0.29, 0.717) is 5.75 Å². The van der Waals surface area contributed by atoms with E-state index in [0.717, 1.165) is 11.5 Å². The zero-order valence-corrected chi connectivity index (χ0v) is 11.3. The van der Waals surface area contributed by atoms with Crippen LogP contribution in [-0.4, -0.2) is 23.2 Å². The van der Waals surface area contributed by atoms with Crippen molar-refractivity contribution in [2.75, 3.05) is 5.75 Å². The number of carbonyl (C=O) groups excluding carboxylic acids is 1. The van der Waals surface area contributed by atoms with E-state index in [1.54, 1.807) is 18.0 Å². The average molecular weight is 256 g/mol. The van der Waals surface area contributed by atoms with Gasteiger partial charge in [0.05, 0.1) is 12.0 Å². The van der Waals surface area contributed by atoms with Crippen LogP contribution in [0.25, 0.3) is 0 Å². The number of hydrogen-bond donors (Lipinski definition) is 2. The van der Waals surface area contributed by atoms with Gasteiger partial charge in [0.25, 0.3) is 0 Å². The lowest BCUT2D eigenvalue weighted by Gasteiger charge is -2.29. The highest BCUT2D eigenvalue weighted by atomic mass is 32.2. The second-order valence-corrected chi connectivity index (χ2v) is 5.55. The third kappa shape index (κ3) is 4.44. The summed E-state index contributed by atoms with van der Waals surface area (Å²) in [5.74, 6) is 1.96. The summed E-state index contributed by atoms with van der Waals surface area (Å²) in [5, 5.41) is 3.21. The molecule has 0 saturated heterocycles. The van der Waals surface area contributed by atoms with Crippen molar-refractivity contribution in [3.8, 4) is 0 Å². The molecule has 1 heterocycles. The Balaban J connectivity index is 2.47. The number of nitrogens with one attached hydrogen (secondary N) is 1. The zero-order chi connectivity index (χ0) is 12.9. The van der Waals surface area contributed by atoms with Gasteiger partial charge in [-0.1, -0.05) is 0 Å². The van der Waals surface area contributed by atoms with E-state index in [9.17, 15) is 4.79 Å². The van der Waals surface area contributed by atoms with Crippen LogP contribution in [0.1, 0.15) is 26.5 Å². The number of furan rings is 1. The lowest BCUT2D eigenvalue weighted by molar-refractivity contribution is -0.123. The summed E-state index contributed by atoms with van der Waals surface area (Å²) in [7, 11) is 0. The first kappa shape index (κ1) is 14.1. The van der Waals surface area contributed by atoms with E-state index < -0.39 is 5.54 Å². The summed E-state index contributed by atoms with van der Waals surface area (Å²) < 4.78 is 5.23. The SMILES string of the molecule is CC(C)NC(C)(CSCc1ccco1)C(N)=O. The number of nitrogens with two attached hydrogens (primary N) is 1. The normalized spacial score (nSPS) is 14.8. The molecule has 1 unspecified atom stereocenters. The van der Waals surface area contributed by atoms with Crippen LogP contribution in [-0.2, 0) is 10.5 Å². The second-order valence-electron chi connectivity index (χ2n) is 4.57. The van der Waals surface area contributed by atoms with Gasteiger partial charge in [-0.25, -0.2) is 0 Å². The Labute approximate surface area is 106 Å². The molecular formula is C12H20N2O2S. The molecule has 1 atom stereocenters. The molecule has 1 aromatic rings. The number of rotatable bonds is 7. The maximum atomic E-state index is 11.5. The van der Waals surface area contributed by atoms with Gasteiger partial charge in [0.1, 0.15) is 11.3 Å². The Morgan fingerprint density at radius 3 is 2.82 bits per heavy atom. The molecule has 5 heteroatoms. The van der Waals surface area contributed by atoms with Gasteiger partial charge < -0.3 is 15.5 Å². The van der Waals surface area contributed by atoms with Crippen LogP contribution in [0.2, 0.25) is 0 Å². The van der Waals surface area contributed by atoms with E-state index in [2.05, 4.69) is 5.32 Å². The molecule has 1 amide bonds. The Morgan fingerprint density at radius 1 is 1.65 bits per heavy atom. The van der Waals surface area contributed by atoms with Crippen LogP contribution >= 0.6 is 11.8 Å². The van der Waals surface area contributed by atoms with Gasteiger partial charge in [-0.2, -0.15) is 11.8 Å². The molecule has 0 radical (unpaired) electrons. The minimum Gasteiger partial charge on any atom is -0.468 e. The largest absolute Gasteiger partial charge is 0.468 e. The molecule has 4 nitrogen and oxygen atoms in total. The molecule has 3 N–H and O–H groups in total. The second kappa shape index (κ2) is 6.12. The number of hydrogen-bond acceptors (Lipinski definition) is 4. The van der Waals surface area contributed by atoms with Gasteiger partial charge in [0, 0.05) is 11.8 Å². The van der Waals surface area contributed by atoms with E-state index >= 15 is 0 Å². The van der Waals surface area contributed by atoms with Crippen LogP contribution in [0.3, 0.4) is 0 Å². The fourth-order valence-corrected chi connectivity index (χ4v) is 2.67. The number of primary amides is 1. The summed E-state index contributed by atoms with van der Waals surface area (Å²) >= 11 is 1.63. The smallest absolute Gasteiger partial charge is 0.238 e. The molecule has 0 aromatic carbocycles. The average Bonchev–Trinajstić information content (AvgIpc) is 2.69. The van der Waals surface area contributed by atoms with E-state index in [4.69, 9.17) is 10.2 Å². The third-order valence-corrected chi connectivity index (χ3v) is 3.64. The number of thioether (sulfide) groups is 1. The maximum Gasteiger partial charge on any atom is 0.238 e. The first-order chi connectivity index (χ1) is 7.94. The quantitative estimate of drug-likeness (QED) is 0.780. The molecular weight excluding hydrogens is 236 g/mol. The highest BCUT2D eigenvalue weighted by molar-refractivity contribution is 7.98. The Hall–Kier alpha value is -0.940. The van der Waals surface area contributed by atoms with Crippen LogP contribution < -0.4 is 11.1 Å². The monoisotopic (exact) mass is 256 g/mol. The molecule has 0 aliphatic carbocycles. The minimum absolute atomic E-state index is 0.219. The summed E-state index contributed by atoms with van der Waals surface area (Å²) in [5.41, 5.74) is 4.77. The minimum atomic E-state index is -0.675. The lowest BCUT2D eigenvalue weighted by atomic mass is 10.0. The summed E-state index contributed by atoms with van der Waals surface area (Å²) in [6.45, 7) is 5.83. The van der Waals surface area contributed by atoms with Gasteiger partial charge in [0.2, 0.25) is 5.91 Å². The molecule has 0 bridgehead atoms. The number of amides is 1. The fourth-order valence-electron chi connectivity index (χ4n) is 1.57. The van der Waals surface area contributed by atoms with Crippen molar-refractivity contribution in [1.29, 1.82) is 0 Å². The van der Waals surface area contributed by atoms with Crippen LogP contribution in [0.5, 0.6) is 0 Å². The predicted octanol–water partition coefficient (Wildman–Crippen LogP) is 1.75. The van der Waals surface area contributed by atoms with Crippen LogP contribution in [0.4, 0.5) is 0 Å². The standard InChI is InChI=1S/C12H20N2O2S/c1-9(2)14-12(3,11(13)15)8-17-7-10-5-4-6-16-10/h4-6,9,14H,7-8H2,1-3H3,(H2,13,15). The van der Waals surface area contributed by atoms with Gasteiger partial charge in [0.15, 0.2) is 0 Å². The molecule has 0 aliphatic rings. The maximum absolute atomic E-state index is 11.5. The van der Waals surface area contributed by atoms with E-state index in [-0.39, 0.29) is 11.9 Å².